The van der Waals surface area contributed by atoms with Crippen molar-refractivity contribution >= 4 is 12.1 Å². The van der Waals surface area contributed by atoms with Gasteiger partial charge in [0.05, 0.1) is 6.21 Å². The van der Waals surface area contributed by atoms with E-state index in [1.165, 1.54) is 5.56 Å². The van der Waals surface area contributed by atoms with Gasteiger partial charge in [0.1, 0.15) is 6.61 Å². The first-order valence-corrected chi connectivity index (χ1v) is 6.87. The molecule has 0 saturated carbocycles. The SMILES string of the molecule is Cc1ccccc1C=NN(C)C1=NOCc2ccccc21. The fourth-order valence-electron chi connectivity index (χ4n) is 2.24. The van der Waals surface area contributed by atoms with Gasteiger partial charge in [0, 0.05) is 18.2 Å². The minimum atomic E-state index is 0.509. The van der Waals surface area contributed by atoms with Crippen molar-refractivity contribution in [2.75, 3.05) is 7.05 Å². The van der Waals surface area contributed by atoms with Gasteiger partial charge in [0.25, 0.3) is 0 Å². The molecule has 4 heteroatoms. The van der Waals surface area contributed by atoms with Crippen molar-refractivity contribution in [2.45, 2.75) is 13.5 Å². The van der Waals surface area contributed by atoms with Crippen LogP contribution in [0.25, 0.3) is 0 Å². The number of aryl methyl sites for hydroxylation is 1. The molecule has 1 heterocycles. The molecule has 2 aromatic rings. The standard InChI is InChI=1S/C17H17N3O/c1-13-7-3-4-8-14(13)11-18-20(2)17-16-10-6-5-9-15(16)12-21-19-17/h3-11H,12H2,1-2H3. The third-order valence-corrected chi connectivity index (χ3v) is 3.49. The Morgan fingerprint density at radius 1 is 1.14 bits per heavy atom. The molecular weight excluding hydrogens is 262 g/mol. The number of oxime groups is 1. The number of hydrazone groups is 1. The summed E-state index contributed by atoms with van der Waals surface area (Å²) < 4.78 is 0. The van der Waals surface area contributed by atoms with Gasteiger partial charge < -0.3 is 4.84 Å². The second-order valence-corrected chi connectivity index (χ2v) is 4.97. The smallest absolute Gasteiger partial charge is 0.195 e. The molecule has 2 aromatic carbocycles. The van der Waals surface area contributed by atoms with E-state index in [0.29, 0.717) is 6.61 Å². The molecule has 0 bridgehead atoms. The zero-order valence-electron chi connectivity index (χ0n) is 12.2. The minimum absolute atomic E-state index is 0.509. The van der Waals surface area contributed by atoms with Gasteiger partial charge in [0.2, 0.25) is 0 Å². The van der Waals surface area contributed by atoms with Crippen molar-refractivity contribution in [3.8, 4) is 0 Å². The monoisotopic (exact) mass is 279 g/mol. The zero-order chi connectivity index (χ0) is 14.7. The second kappa shape index (κ2) is 5.79. The van der Waals surface area contributed by atoms with Crippen LogP contribution in [0.1, 0.15) is 22.3 Å². The maximum absolute atomic E-state index is 5.28. The van der Waals surface area contributed by atoms with E-state index >= 15 is 0 Å². The normalized spacial score (nSPS) is 13.5. The molecule has 1 aliphatic rings. The number of benzene rings is 2. The molecule has 0 fully saturated rings. The Balaban J connectivity index is 1.85. The fraction of sp³-hybridized carbons (Fsp3) is 0.176. The van der Waals surface area contributed by atoms with Crippen LogP contribution in [-0.4, -0.2) is 24.1 Å². The van der Waals surface area contributed by atoms with E-state index < -0.39 is 0 Å². The van der Waals surface area contributed by atoms with E-state index in [9.17, 15) is 0 Å². The molecule has 0 spiro atoms. The van der Waals surface area contributed by atoms with E-state index in [1.54, 1.807) is 5.01 Å². The summed E-state index contributed by atoms with van der Waals surface area (Å²) in [5.74, 6) is 0.724. The molecule has 106 valence electrons. The van der Waals surface area contributed by atoms with Crippen LogP contribution in [0.15, 0.2) is 58.8 Å². The summed E-state index contributed by atoms with van der Waals surface area (Å²) in [7, 11) is 1.87. The molecule has 0 saturated heterocycles. The van der Waals surface area contributed by atoms with E-state index in [2.05, 4.69) is 23.2 Å². The summed E-state index contributed by atoms with van der Waals surface area (Å²) >= 11 is 0. The van der Waals surface area contributed by atoms with Gasteiger partial charge in [-0.3, -0.25) is 0 Å². The van der Waals surface area contributed by atoms with E-state index in [4.69, 9.17) is 4.84 Å². The molecule has 0 N–H and O–H groups in total. The quantitative estimate of drug-likeness (QED) is 0.625. The van der Waals surface area contributed by atoms with Crippen LogP contribution in [0.5, 0.6) is 0 Å². The molecule has 0 aromatic heterocycles. The molecule has 0 atom stereocenters. The third kappa shape index (κ3) is 2.79. The van der Waals surface area contributed by atoms with Gasteiger partial charge in [-0.15, -0.1) is 0 Å². The maximum Gasteiger partial charge on any atom is 0.195 e. The summed E-state index contributed by atoms with van der Waals surface area (Å²) in [5.41, 5.74) is 4.47. The van der Waals surface area contributed by atoms with Crippen LogP contribution in [0.4, 0.5) is 0 Å². The lowest BCUT2D eigenvalue weighted by molar-refractivity contribution is 0.121. The predicted molar refractivity (Wildman–Crippen MR) is 84.3 cm³/mol. The van der Waals surface area contributed by atoms with Crippen LogP contribution in [0.2, 0.25) is 0 Å². The molecule has 0 amide bonds. The average Bonchev–Trinajstić information content (AvgIpc) is 2.53. The fourth-order valence-corrected chi connectivity index (χ4v) is 2.24. The summed E-state index contributed by atoms with van der Waals surface area (Å²) in [4.78, 5) is 5.28. The van der Waals surface area contributed by atoms with E-state index in [0.717, 1.165) is 22.5 Å². The van der Waals surface area contributed by atoms with Crippen LogP contribution in [0, 0.1) is 6.92 Å². The summed E-state index contributed by atoms with van der Waals surface area (Å²) in [6, 6.07) is 16.2. The molecule has 4 nitrogen and oxygen atoms in total. The highest BCUT2D eigenvalue weighted by Crippen LogP contribution is 2.18. The predicted octanol–water partition coefficient (Wildman–Crippen LogP) is 3.15. The van der Waals surface area contributed by atoms with E-state index in [1.807, 2.05) is 55.7 Å². The van der Waals surface area contributed by atoms with Gasteiger partial charge in [0.15, 0.2) is 5.84 Å². The number of nitrogens with zero attached hydrogens (tertiary/aromatic N) is 3. The van der Waals surface area contributed by atoms with E-state index in [-0.39, 0.29) is 0 Å². The Hall–Kier alpha value is -2.62. The van der Waals surface area contributed by atoms with Crippen LogP contribution in [-0.2, 0) is 11.4 Å². The number of hydrogen-bond acceptors (Lipinski definition) is 4. The Morgan fingerprint density at radius 2 is 1.90 bits per heavy atom. The lowest BCUT2D eigenvalue weighted by atomic mass is 10.1. The van der Waals surface area contributed by atoms with Gasteiger partial charge in [-0.2, -0.15) is 5.10 Å². The third-order valence-electron chi connectivity index (χ3n) is 3.49. The molecule has 0 radical (unpaired) electrons. The summed E-state index contributed by atoms with van der Waals surface area (Å²) in [5, 5.41) is 10.4. The average molecular weight is 279 g/mol. The van der Waals surface area contributed by atoms with Crippen molar-refractivity contribution in [2.24, 2.45) is 10.3 Å². The minimum Gasteiger partial charge on any atom is -0.389 e. The topological polar surface area (TPSA) is 37.2 Å². The number of fused-ring (bicyclic) bond motifs is 1. The molecule has 0 unspecified atom stereocenters. The van der Waals surface area contributed by atoms with Gasteiger partial charge in [-0.1, -0.05) is 53.7 Å². The first-order chi connectivity index (χ1) is 10.3. The molecule has 3 rings (SSSR count). The van der Waals surface area contributed by atoms with Gasteiger partial charge >= 0.3 is 0 Å². The summed E-state index contributed by atoms with van der Waals surface area (Å²) in [6.45, 7) is 2.58. The lowest BCUT2D eigenvalue weighted by Gasteiger charge is -2.21. The molecule has 0 aliphatic carbocycles. The summed E-state index contributed by atoms with van der Waals surface area (Å²) in [6.07, 6.45) is 1.84. The molecular formula is C17H17N3O. The Kier molecular flexibility index (Phi) is 3.69. The van der Waals surface area contributed by atoms with Gasteiger partial charge in [-0.25, -0.2) is 5.01 Å². The van der Waals surface area contributed by atoms with Gasteiger partial charge in [-0.05, 0) is 18.1 Å². The van der Waals surface area contributed by atoms with Crippen molar-refractivity contribution in [3.63, 3.8) is 0 Å². The van der Waals surface area contributed by atoms with Crippen molar-refractivity contribution in [3.05, 3.63) is 70.8 Å². The van der Waals surface area contributed by atoms with Crippen molar-refractivity contribution in [1.82, 2.24) is 5.01 Å². The van der Waals surface area contributed by atoms with Crippen LogP contribution in [0.3, 0.4) is 0 Å². The highest BCUT2D eigenvalue weighted by Gasteiger charge is 2.18. The van der Waals surface area contributed by atoms with Crippen molar-refractivity contribution in [1.29, 1.82) is 0 Å². The Labute approximate surface area is 124 Å². The Morgan fingerprint density at radius 3 is 2.76 bits per heavy atom. The highest BCUT2D eigenvalue weighted by molar-refractivity contribution is 6.00. The highest BCUT2D eigenvalue weighted by atomic mass is 16.6. The van der Waals surface area contributed by atoms with Crippen LogP contribution >= 0.6 is 0 Å². The maximum atomic E-state index is 5.28. The first-order valence-electron chi connectivity index (χ1n) is 6.87. The number of rotatable bonds is 2. The molecule has 1 aliphatic heterocycles. The first kappa shape index (κ1) is 13.4. The lowest BCUT2D eigenvalue weighted by Crippen LogP contribution is -2.26. The second-order valence-electron chi connectivity index (χ2n) is 4.97. The molecule has 21 heavy (non-hydrogen) atoms. The Bertz CT molecular complexity index is 707. The van der Waals surface area contributed by atoms with Crippen LogP contribution < -0.4 is 0 Å². The largest absolute Gasteiger partial charge is 0.389 e. The van der Waals surface area contributed by atoms with Crippen molar-refractivity contribution < 1.29 is 4.84 Å². The number of amidine groups is 1. The number of hydrogen-bond donors (Lipinski definition) is 0. The zero-order valence-corrected chi connectivity index (χ0v) is 12.2.